The van der Waals surface area contributed by atoms with E-state index >= 15 is 0 Å². The number of rotatable bonds is 2. The van der Waals surface area contributed by atoms with Gasteiger partial charge in [0.15, 0.2) is 11.6 Å². The van der Waals surface area contributed by atoms with E-state index in [0.29, 0.717) is 29.5 Å². The molecule has 1 heterocycles. The first-order valence-electron chi connectivity index (χ1n) is 8.85. The van der Waals surface area contributed by atoms with Gasteiger partial charge in [0.25, 0.3) is 0 Å². The summed E-state index contributed by atoms with van der Waals surface area (Å²) in [7, 11) is 0. The fraction of sp³-hybridized carbons (Fsp3) is 0.429. The van der Waals surface area contributed by atoms with Crippen LogP contribution in [0.15, 0.2) is 36.4 Å². The molecule has 1 fully saturated rings. The Morgan fingerprint density at radius 2 is 1.84 bits per heavy atom. The van der Waals surface area contributed by atoms with Gasteiger partial charge in [-0.15, -0.1) is 0 Å². The molecule has 2 aromatic rings. The first kappa shape index (κ1) is 16.8. The molecule has 25 heavy (non-hydrogen) atoms. The maximum atomic E-state index is 14.9. The van der Waals surface area contributed by atoms with Crippen LogP contribution in [0.3, 0.4) is 0 Å². The number of hydrogen-bond donors (Lipinski definition) is 0. The predicted molar refractivity (Wildman–Crippen MR) is 95.2 cm³/mol. The molecule has 4 heteroatoms. The van der Waals surface area contributed by atoms with Gasteiger partial charge in [-0.05, 0) is 61.4 Å². The molecule has 1 aliphatic carbocycles. The Morgan fingerprint density at radius 3 is 2.60 bits per heavy atom. The minimum atomic E-state index is -0.469. The summed E-state index contributed by atoms with van der Waals surface area (Å²) in [6.07, 6.45) is 3.51. The Kier molecular flexibility index (Phi) is 4.23. The highest BCUT2D eigenvalue weighted by atomic mass is 35.5. The maximum Gasteiger partial charge on any atom is 0.165 e. The van der Waals surface area contributed by atoms with Crippen LogP contribution >= 0.6 is 11.6 Å². The van der Waals surface area contributed by atoms with E-state index in [-0.39, 0.29) is 17.5 Å². The van der Waals surface area contributed by atoms with Crippen molar-refractivity contribution in [1.82, 2.24) is 0 Å². The number of hydrogen-bond acceptors (Lipinski definition) is 1. The van der Waals surface area contributed by atoms with Gasteiger partial charge in [-0.2, -0.15) is 0 Å². The molecule has 0 N–H and O–H groups in total. The van der Waals surface area contributed by atoms with Crippen LogP contribution in [0.2, 0.25) is 5.02 Å². The zero-order chi connectivity index (χ0) is 17.6. The lowest BCUT2D eigenvalue weighted by molar-refractivity contribution is 0.0584. The molecule has 1 nitrogen and oxygen atoms in total. The van der Waals surface area contributed by atoms with Crippen LogP contribution in [0.1, 0.15) is 37.3 Å². The average Bonchev–Trinajstić information content (AvgIpc) is 2.60. The van der Waals surface area contributed by atoms with E-state index in [1.54, 1.807) is 0 Å². The molecule has 0 aromatic heterocycles. The molecule has 0 unspecified atom stereocenters. The highest BCUT2D eigenvalue weighted by molar-refractivity contribution is 6.30. The van der Waals surface area contributed by atoms with Gasteiger partial charge in [-0.25, -0.2) is 8.78 Å². The molecule has 0 spiro atoms. The number of benzene rings is 2. The lowest BCUT2D eigenvalue weighted by Crippen LogP contribution is -2.48. The van der Waals surface area contributed by atoms with Crippen LogP contribution in [0.5, 0.6) is 5.75 Å². The average molecular weight is 363 g/mol. The second-order valence-corrected chi connectivity index (χ2v) is 8.02. The highest BCUT2D eigenvalue weighted by Gasteiger charge is 2.50. The predicted octanol–water partition coefficient (Wildman–Crippen LogP) is 5.93. The molecule has 1 aliphatic heterocycles. The van der Waals surface area contributed by atoms with Gasteiger partial charge in [0.05, 0.1) is 6.61 Å². The molecule has 3 atom stereocenters. The lowest BCUT2D eigenvalue weighted by atomic mass is 9.57. The summed E-state index contributed by atoms with van der Waals surface area (Å²) < 4.78 is 34.9. The molecule has 2 aliphatic rings. The van der Waals surface area contributed by atoms with E-state index in [4.69, 9.17) is 16.3 Å². The fourth-order valence-corrected chi connectivity index (χ4v) is 4.83. The summed E-state index contributed by atoms with van der Waals surface area (Å²) in [6, 6.07) is 10.1. The van der Waals surface area contributed by atoms with Crippen molar-refractivity contribution in [2.45, 2.75) is 38.0 Å². The highest BCUT2D eigenvalue weighted by Crippen LogP contribution is 2.54. The zero-order valence-corrected chi connectivity index (χ0v) is 15.0. The summed E-state index contributed by atoms with van der Waals surface area (Å²) in [6.45, 7) is 2.68. The third kappa shape index (κ3) is 2.83. The van der Waals surface area contributed by atoms with Crippen molar-refractivity contribution >= 4 is 11.6 Å². The van der Waals surface area contributed by atoms with Gasteiger partial charge in [-0.3, -0.25) is 0 Å². The van der Waals surface area contributed by atoms with Gasteiger partial charge < -0.3 is 4.74 Å². The second-order valence-electron chi connectivity index (χ2n) is 7.58. The molecule has 0 amide bonds. The van der Waals surface area contributed by atoms with Gasteiger partial charge in [-0.1, -0.05) is 30.7 Å². The van der Waals surface area contributed by atoms with Crippen LogP contribution in [-0.2, 0) is 11.8 Å². The van der Waals surface area contributed by atoms with Crippen LogP contribution in [0.4, 0.5) is 8.78 Å². The van der Waals surface area contributed by atoms with E-state index in [0.717, 1.165) is 30.9 Å². The van der Waals surface area contributed by atoms with Crippen molar-refractivity contribution in [2.24, 2.45) is 11.8 Å². The van der Waals surface area contributed by atoms with Crippen LogP contribution in [-0.4, -0.2) is 6.61 Å². The number of fused-ring (bicyclic) bond motifs is 3. The molecule has 0 bridgehead atoms. The molecule has 2 aromatic carbocycles. The quantitative estimate of drug-likeness (QED) is 0.643. The Balaban J connectivity index is 1.85. The first-order chi connectivity index (χ1) is 12.0. The number of halogens is 3. The summed E-state index contributed by atoms with van der Waals surface area (Å²) >= 11 is 6.01. The van der Waals surface area contributed by atoms with Crippen molar-refractivity contribution < 1.29 is 13.5 Å². The van der Waals surface area contributed by atoms with E-state index in [1.807, 2.05) is 24.3 Å². The van der Waals surface area contributed by atoms with Crippen molar-refractivity contribution in [3.05, 3.63) is 64.2 Å². The fourth-order valence-electron chi connectivity index (χ4n) is 4.70. The summed E-state index contributed by atoms with van der Waals surface area (Å²) in [5.41, 5.74) is 1.12. The lowest BCUT2D eigenvalue weighted by Gasteiger charge is -2.50. The third-order valence-electron chi connectivity index (χ3n) is 5.97. The van der Waals surface area contributed by atoms with Gasteiger partial charge >= 0.3 is 0 Å². The van der Waals surface area contributed by atoms with Gasteiger partial charge in [0.1, 0.15) is 5.82 Å². The van der Waals surface area contributed by atoms with Crippen molar-refractivity contribution in [1.29, 1.82) is 0 Å². The van der Waals surface area contributed by atoms with Crippen molar-refractivity contribution in [2.75, 3.05) is 6.61 Å². The van der Waals surface area contributed by atoms with Crippen molar-refractivity contribution in [3.63, 3.8) is 0 Å². The Labute approximate surface area is 152 Å². The largest absolute Gasteiger partial charge is 0.490 e. The molecular weight excluding hydrogens is 342 g/mol. The molecular formula is C21H21ClF2O. The Bertz CT molecular complexity index is 789. The standard InChI is InChI=1S/C21H21ClF2O/c1-13-8-9-21(11-14-2-4-16(22)5-3-14)15(10-13)12-25-20-18(24)7-6-17(23)19(20)21/h2-7,13,15H,8-12H2,1H3/t13-,15+,21-/m1/s1. The monoisotopic (exact) mass is 362 g/mol. The van der Waals surface area contributed by atoms with Crippen LogP contribution in [0, 0.1) is 23.5 Å². The van der Waals surface area contributed by atoms with Crippen LogP contribution in [0.25, 0.3) is 0 Å². The first-order valence-corrected chi connectivity index (χ1v) is 9.23. The molecule has 4 rings (SSSR count). The molecule has 0 radical (unpaired) electrons. The normalized spacial score (nSPS) is 28.0. The van der Waals surface area contributed by atoms with E-state index in [1.165, 1.54) is 6.07 Å². The summed E-state index contributed by atoms with van der Waals surface area (Å²) in [4.78, 5) is 0. The SMILES string of the molecule is C[C@@H]1CC[C@]2(Cc3ccc(Cl)cc3)c3c(F)ccc(F)c3OC[C@@H]2C1. The number of ether oxygens (including phenoxy) is 1. The smallest absolute Gasteiger partial charge is 0.165 e. The van der Waals surface area contributed by atoms with E-state index in [9.17, 15) is 8.78 Å². The topological polar surface area (TPSA) is 9.23 Å². The third-order valence-corrected chi connectivity index (χ3v) is 6.22. The summed E-state index contributed by atoms with van der Waals surface area (Å²) in [5.74, 6) is 0.0502. The molecule has 132 valence electrons. The molecule has 0 saturated heterocycles. The maximum absolute atomic E-state index is 14.9. The minimum Gasteiger partial charge on any atom is -0.490 e. The van der Waals surface area contributed by atoms with Gasteiger partial charge in [0.2, 0.25) is 0 Å². The van der Waals surface area contributed by atoms with E-state index < -0.39 is 11.2 Å². The van der Waals surface area contributed by atoms with E-state index in [2.05, 4.69) is 6.92 Å². The Hall–Kier alpha value is -1.61. The molecule has 1 saturated carbocycles. The second kappa shape index (κ2) is 6.28. The zero-order valence-electron chi connectivity index (χ0n) is 14.2. The van der Waals surface area contributed by atoms with Gasteiger partial charge in [0, 0.05) is 21.9 Å². The van der Waals surface area contributed by atoms with Crippen molar-refractivity contribution in [3.8, 4) is 5.75 Å². The Morgan fingerprint density at radius 1 is 1.12 bits per heavy atom. The van der Waals surface area contributed by atoms with Crippen LogP contribution < -0.4 is 4.74 Å². The summed E-state index contributed by atoms with van der Waals surface area (Å²) in [5, 5.41) is 0.680. The minimum absolute atomic E-state index is 0.111.